The molecule has 0 atom stereocenters. The van der Waals surface area contributed by atoms with E-state index in [2.05, 4.69) is 0 Å². The molecule has 0 aliphatic rings. The number of carbonyl (C=O) groups excluding carboxylic acids is 1. The van der Waals surface area contributed by atoms with Crippen LogP contribution in [0.15, 0.2) is 54.6 Å². The van der Waals surface area contributed by atoms with Crippen LogP contribution in [0.1, 0.15) is 18.4 Å². The van der Waals surface area contributed by atoms with E-state index in [4.69, 9.17) is 14.2 Å². The summed E-state index contributed by atoms with van der Waals surface area (Å²) in [7, 11) is 1.61. The maximum absolute atomic E-state index is 11.6. The number of hydrogen-bond donors (Lipinski definition) is 0. The molecule has 0 saturated heterocycles. The Kier molecular flexibility index (Phi) is 6.30. The monoisotopic (exact) mass is 300 g/mol. The Morgan fingerprint density at radius 1 is 1.00 bits per heavy atom. The molecule has 0 fully saturated rings. The fourth-order valence-corrected chi connectivity index (χ4v) is 1.91. The molecule has 116 valence electrons. The predicted octanol–water partition coefficient (Wildman–Crippen LogP) is 3.60. The Hall–Kier alpha value is -2.49. The zero-order valence-electron chi connectivity index (χ0n) is 12.7. The quantitative estimate of drug-likeness (QED) is 0.552. The van der Waals surface area contributed by atoms with Crippen LogP contribution in [0.4, 0.5) is 0 Å². The summed E-state index contributed by atoms with van der Waals surface area (Å²) >= 11 is 0. The van der Waals surface area contributed by atoms with Crippen LogP contribution in [0.25, 0.3) is 0 Å². The molecule has 0 aliphatic heterocycles. The lowest BCUT2D eigenvalue weighted by Gasteiger charge is -2.08. The van der Waals surface area contributed by atoms with Gasteiger partial charge < -0.3 is 14.2 Å². The van der Waals surface area contributed by atoms with E-state index < -0.39 is 0 Å². The van der Waals surface area contributed by atoms with Crippen LogP contribution in [0, 0.1) is 0 Å². The van der Waals surface area contributed by atoms with Gasteiger partial charge in [0.1, 0.15) is 18.1 Å². The highest BCUT2D eigenvalue weighted by Crippen LogP contribution is 2.19. The minimum Gasteiger partial charge on any atom is -0.497 e. The van der Waals surface area contributed by atoms with Gasteiger partial charge in [-0.1, -0.05) is 36.4 Å². The molecule has 22 heavy (non-hydrogen) atoms. The van der Waals surface area contributed by atoms with E-state index >= 15 is 0 Å². The zero-order chi connectivity index (χ0) is 15.6. The maximum atomic E-state index is 11.6. The first-order valence-corrected chi connectivity index (χ1v) is 7.24. The smallest absolute Gasteiger partial charge is 0.306 e. The first-order chi connectivity index (χ1) is 10.8. The molecule has 0 heterocycles. The fraction of sp³-hybridized carbons (Fsp3) is 0.278. The summed E-state index contributed by atoms with van der Waals surface area (Å²) < 4.78 is 15.9. The number of methoxy groups -OCH3 is 1. The van der Waals surface area contributed by atoms with Gasteiger partial charge in [0.25, 0.3) is 0 Å². The summed E-state index contributed by atoms with van der Waals surface area (Å²) in [4.78, 5) is 11.6. The van der Waals surface area contributed by atoms with Crippen molar-refractivity contribution in [3.05, 3.63) is 60.2 Å². The van der Waals surface area contributed by atoms with E-state index in [-0.39, 0.29) is 5.97 Å². The number of carbonyl (C=O) groups is 1. The third-order valence-corrected chi connectivity index (χ3v) is 3.08. The molecule has 0 amide bonds. The van der Waals surface area contributed by atoms with Crippen molar-refractivity contribution >= 4 is 5.97 Å². The van der Waals surface area contributed by atoms with Crippen LogP contribution in [0.5, 0.6) is 11.5 Å². The molecule has 0 unspecified atom stereocenters. The molecule has 2 rings (SSSR count). The van der Waals surface area contributed by atoms with Gasteiger partial charge in [0, 0.05) is 12.5 Å². The lowest BCUT2D eigenvalue weighted by atomic mass is 10.2. The predicted molar refractivity (Wildman–Crippen MR) is 84.0 cm³/mol. The van der Waals surface area contributed by atoms with Crippen LogP contribution in [-0.4, -0.2) is 19.7 Å². The van der Waals surface area contributed by atoms with E-state index in [1.807, 2.05) is 54.6 Å². The number of esters is 1. The first-order valence-electron chi connectivity index (χ1n) is 7.24. The fourth-order valence-electron chi connectivity index (χ4n) is 1.91. The van der Waals surface area contributed by atoms with Crippen molar-refractivity contribution in [2.75, 3.05) is 13.7 Å². The average Bonchev–Trinajstić information content (AvgIpc) is 2.58. The number of hydrogen-bond acceptors (Lipinski definition) is 4. The molecule has 0 saturated carbocycles. The highest BCUT2D eigenvalue weighted by atomic mass is 16.5. The topological polar surface area (TPSA) is 44.8 Å². The molecular formula is C18H20O4. The molecular weight excluding hydrogens is 280 g/mol. The van der Waals surface area contributed by atoms with Crippen LogP contribution in [-0.2, 0) is 16.1 Å². The molecule has 0 aromatic heterocycles. The molecule has 0 spiro atoms. The van der Waals surface area contributed by atoms with Gasteiger partial charge in [-0.25, -0.2) is 0 Å². The number of rotatable bonds is 8. The van der Waals surface area contributed by atoms with E-state index in [1.54, 1.807) is 7.11 Å². The van der Waals surface area contributed by atoms with Crippen LogP contribution >= 0.6 is 0 Å². The number of ether oxygens (including phenoxy) is 3. The maximum Gasteiger partial charge on any atom is 0.306 e. The third kappa shape index (κ3) is 5.48. The summed E-state index contributed by atoms with van der Waals surface area (Å²) in [5, 5.41) is 0. The summed E-state index contributed by atoms with van der Waals surface area (Å²) in [6.07, 6.45) is 0.960. The van der Waals surface area contributed by atoms with Crippen molar-refractivity contribution in [2.45, 2.75) is 19.4 Å². The summed E-state index contributed by atoms with van der Waals surface area (Å²) in [5.41, 5.74) is 0.989. The molecule has 2 aromatic rings. The van der Waals surface area contributed by atoms with E-state index in [0.717, 1.165) is 17.1 Å². The Labute approximate surface area is 130 Å². The van der Waals surface area contributed by atoms with Gasteiger partial charge in [0.05, 0.1) is 13.7 Å². The van der Waals surface area contributed by atoms with Crippen LogP contribution < -0.4 is 9.47 Å². The van der Waals surface area contributed by atoms with Gasteiger partial charge >= 0.3 is 5.97 Å². The van der Waals surface area contributed by atoms with Crippen molar-refractivity contribution in [3.63, 3.8) is 0 Å². The highest BCUT2D eigenvalue weighted by molar-refractivity contribution is 5.69. The molecule has 0 bridgehead atoms. The second kappa shape index (κ2) is 8.72. The normalized spacial score (nSPS) is 10.0. The summed E-state index contributed by atoms with van der Waals surface area (Å²) in [5.74, 6) is 1.27. The van der Waals surface area contributed by atoms with Crippen molar-refractivity contribution in [3.8, 4) is 11.5 Å². The third-order valence-electron chi connectivity index (χ3n) is 3.08. The van der Waals surface area contributed by atoms with Gasteiger partial charge in [-0.05, 0) is 24.1 Å². The van der Waals surface area contributed by atoms with E-state index in [9.17, 15) is 4.79 Å². The van der Waals surface area contributed by atoms with Crippen molar-refractivity contribution in [1.82, 2.24) is 0 Å². The average molecular weight is 300 g/mol. The van der Waals surface area contributed by atoms with Gasteiger partial charge in [0.15, 0.2) is 0 Å². The molecule has 4 nitrogen and oxygen atoms in total. The minimum atomic E-state index is -0.210. The van der Waals surface area contributed by atoms with E-state index in [1.165, 1.54) is 0 Å². The second-order valence-corrected chi connectivity index (χ2v) is 4.78. The van der Waals surface area contributed by atoms with Gasteiger partial charge in [-0.15, -0.1) is 0 Å². The zero-order valence-corrected chi connectivity index (χ0v) is 12.7. The van der Waals surface area contributed by atoms with Gasteiger partial charge in [-0.2, -0.15) is 0 Å². The van der Waals surface area contributed by atoms with Crippen molar-refractivity contribution in [1.29, 1.82) is 0 Å². The molecule has 0 N–H and O–H groups in total. The van der Waals surface area contributed by atoms with E-state index in [0.29, 0.717) is 26.1 Å². The largest absolute Gasteiger partial charge is 0.497 e. The standard InChI is InChI=1S/C18H20O4/c1-20-16-9-5-10-17(13-16)21-12-6-11-18(19)22-14-15-7-3-2-4-8-15/h2-5,7-10,13H,6,11-12,14H2,1H3. The Morgan fingerprint density at radius 2 is 1.77 bits per heavy atom. The highest BCUT2D eigenvalue weighted by Gasteiger charge is 2.04. The lowest BCUT2D eigenvalue weighted by molar-refractivity contribution is -0.145. The van der Waals surface area contributed by atoms with Crippen LogP contribution in [0.3, 0.4) is 0 Å². The first kappa shape index (κ1) is 15.9. The molecule has 4 heteroatoms. The molecule has 0 aliphatic carbocycles. The number of benzene rings is 2. The summed E-state index contributed by atoms with van der Waals surface area (Å²) in [6.45, 7) is 0.782. The second-order valence-electron chi connectivity index (χ2n) is 4.78. The Morgan fingerprint density at radius 3 is 2.55 bits per heavy atom. The molecule has 2 aromatic carbocycles. The Balaban J connectivity index is 1.62. The van der Waals surface area contributed by atoms with Crippen molar-refractivity contribution in [2.24, 2.45) is 0 Å². The van der Waals surface area contributed by atoms with Crippen LogP contribution in [0.2, 0.25) is 0 Å². The molecule has 0 radical (unpaired) electrons. The van der Waals surface area contributed by atoms with Gasteiger partial charge in [-0.3, -0.25) is 4.79 Å². The van der Waals surface area contributed by atoms with Gasteiger partial charge in [0.2, 0.25) is 0 Å². The minimum absolute atomic E-state index is 0.210. The van der Waals surface area contributed by atoms with Crippen molar-refractivity contribution < 1.29 is 19.0 Å². The summed E-state index contributed by atoms with van der Waals surface area (Å²) in [6, 6.07) is 17.0. The Bertz CT molecular complexity index is 581. The SMILES string of the molecule is COc1cccc(OCCCC(=O)OCc2ccccc2)c1. The lowest BCUT2D eigenvalue weighted by Crippen LogP contribution is -2.07.